The maximum absolute atomic E-state index is 5.97. The second-order valence-electron chi connectivity index (χ2n) is 5.67. The van der Waals surface area contributed by atoms with Crippen molar-refractivity contribution in [1.29, 1.82) is 0 Å². The molecule has 1 N–H and O–H groups in total. The topological polar surface area (TPSA) is 21.3 Å². The summed E-state index contributed by atoms with van der Waals surface area (Å²) in [6.07, 6.45) is 0.177. The molecule has 0 saturated heterocycles. The molecule has 2 heteroatoms. The summed E-state index contributed by atoms with van der Waals surface area (Å²) in [5.41, 5.74) is 2.54. The van der Waals surface area contributed by atoms with Crippen LogP contribution in [0.3, 0.4) is 0 Å². The molecule has 0 bridgehead atoms. The molecule has 21 heavy (non-hydrogen) atoms. The Balaban J connectivity index is 2.33. The average molecular weight is 283 g/mol. The molecule has 112 valence electrons. The Bertz CT molecular complexity index is 551. The first-order valence-electron chi connectivity index (χ1n) is 7.61. The highest BCUT2D eigenvalue weighted by Gasteiger charge is 2.22. The number of hydrogen-bond acceptors (Lipinski definition) is 2. The van der Waals surface area contributed by atoms with Crippen LogP contribution in [0.5, 0.6) is 5.75 Å². The van der Waals surface area contributed by atoms with Crippen molar-refractivity contribution in [3.63, 3.8) is 0 Å². The lowest BCUT2D eigenvalue weighted by molar-refractivity contribution is 0.237. The minimum atomic E-state index is 0.177. The number of hydrogen-bond donors (Lipinski definition) is 1. The molecular formula is C19H25NO. The summed E-state index contributed by atoms with van der Waals surface area (Å²) in [5.74, 6) is 1.34. The van der Waals surface area contributed by atoms with E-state index in [1.165, 1.54) is 11.1 Å². The van der Waals surface area contributed by atoms with Crippen LogP contribution in [-0.2, 0) is 0 Å². The van der Waals surface area contributed by atoms with Gasteiger partial charge >= 0.3 is 0 Å². The van der Waals surface area contributed by atoms with Crippen molar-refractivity contribution in [2.75, 3.05) is 7.05 Å². The van der Waals surface area contributed by atoms with Crippen LogP contribution in [-0.4, -0.2) is 13.2 Å². The van der Waals surface area contributed by atoms with E-state index in [-0.39, 0.29) is 12.1 Å². The van der Waals surface area contributed by atoms with Crippen molar-refractivity contribution in [1.82, 2.24) is 5.32 Å². The highest BCUT2D eigenvalue weighted by atomic mass is 16.5. The number of likely N-dealkylation sites (N-methyl/N-ethyl adjacent to an activating group) is 1. The Morgan fingerprint density at radius 2 is 1.48 bits per heavy atom. The van der Waals surface area contributed by atoms with Gasteiger partial charge in [0.05, 0.1) is 6.10 Å². The predicted octanol–water partition coefficient (Wildman–Crippen LogP) is 4.54. The fourth-order valence-corrected chi connectivity index (χ4v) is 2.72. The van der Waals surface area contributed by atoms with E-state index in [1.54, 1.807) is 0 Å². The van der Waals surface area contributed by atoms with Crippen LogP contribution in [0.4, 0.5) is 0 Å². The Hall–Kier alpha value is -1.80. The van der Waals surface area contributed by atoms with Gasteiger partial charge < -0.3 is 10.1 Å². The molecule has 0 aromatic heterocycles. The Morgan fingerprint density at radius 3 is 2.10 bits per heavy atom. The Kier molecular flexibility index (Phi) is 5.40. The second-order valence-corrected chi connectivity index (χ2v) is 5.67. The summed E-state index contributed by atoms with van der Waals surface area (Å²) in [7, 11) is 2.01. The molecule has 2 atom stereocenters. The van der Waals surface area contributed by atoms with Crippen molar-refractivity contribution < 1.29 is 4.74 Å². The van der Waals surface area contributed by atoms with Crippen LogP contribution < -0.4 is 10.1 Å². The van der Waals surface area contributed by atoms with Crippen molar-refractivity contribution in [3.8, 4) is 5.75 Å². The van der Waals surface area contributed by atoms with Crippen LogP contribution in [0.2, 0.25) is 0 Å². The molecule has 2 unspecified atom stereocenters. The summed E-state index contributed by atoms with van der Waals surface area (Å²) in [6, 6.07) is 19.1. The van der Waals surface area contributed by atoms with Gasteiger partial charge in [-0.2, -0.15) is 0 Å². The van der Waals surface area contributed by atoms with Gasteiger partial charge in [0.1, 0.15) is 5.75 Å². The Labute approximate surface area is 128 Å². The SMILES string of the molecule is CNC(c1ccccc1OC(C)C)C(C)c1ccccc1. The van der Waals surface area contributed by atoms with Gasteiger partial charge in [-0.3, -0.25) is 0 Å². The van der Waals surface area contributed by atoms with E-state index < -0.39 is 0 Å². The minimum absolute atomic E-state index is 0.177. The van der Waals surface area contributed by atoms with Crippen molar-refractivity contribution in [3.05, 3.63) is 65.7 Å². The molecule has 2 nitrogen and oxygen atoms in total. The van der Waals surface area contributed by atoms with Gasteiger partial charge in [-0.15, -0.1) is 0 Å². The van der Waals surface area contributed by atoms with Crippen LogP contribution in [0, 0.1) is 0 Å². The molecule has 0 fully saturated rings. The monoisotopic (exact) mass is 283 g/mol. The number of ether oxygens (including phenoxy) is 1. The minimum Gasteiger partial charge on any atom is -0.491 e. The molecule has 0 spiro atoms. The summed E-state index contributed by atoms with van der Waals surface area (Å²) < 4.78 is 5.97. The molecule has 0 heterocycles. The maximum atomic E-state index is 5.97. The summed E-state index contributed by atoms with van der Waals surface area (Å²) in [6.45, 7) is 6.38. The molecule has 2 aromatic rings. The predicted molar refractivity (Wildman–Crippen MR) is 88.9 cm³/mol. The number of para-hydroxylation sites is 1. The summed E-state index contributed by atoms with van der Waals surface area (Å²) in [5, 5.41) is 3.45. The highest BCUT2D eigenvalue weighted by Crippen LogP contribution is 2.35. The molecule has 0 aliphatic carbocycles. The van der Waals surface area contributed by atoms with Crippen LogP contribution in [0.1, 0.15) is 43.9 Å². The van der Waals surface area contributed by atoms with Gasteiger partial charge in [0, 0.05) is 17.5 Å². The third-order valence-corrected chi connectivity index (χ3v) is 3.75. The van der Waals surface area contributed by atoms with Gasteiger partial charge in [-0.1, -0.05) is 55.5 Å². The molecule has 0 aliphatic heterocycles. The normalized spacial score (nSPS) is 14.0. The molecule has 0 radical (unpaired) electrons. The highest BCUT2D eigenvalue weighted by molar-refractivity contribution is 5.38. The molecule has 0 amide bonds. The lowest BCUT2D eigenvalue weighted by Crippen LogP contribution is -2.23. The fraction of sp³-hybridized carbons (Fsp3) is 0.368. The van der Waals surface area contributed by atoms with Crippen LogP contribution in [0.15, 0.2) is 54.6 Å². The Morgan fingerprint density at radius 1 is 0.857 bits per heavy atom. The molecule has 2 aromatic carbocycles. The molecule has 2 rings (SSSR count). The lowest BCUT2D eigenvalue weighted by atomic mass is 9.88. The maximum Gasteiger partial charge on any atom is 0.124 e. The third-order valence-electron chi connectivity index (χ3n) is 3.75. The third kappa shape index (κ3) is 3.85. The first-order chi connectivity index (χ1) is 10.1. The average Bonchev–Trinajstić information content (AvgIpc) is 2.50. The van der Waals surface area contributed by atoms with Crippen molar-refractivity contribution in [2.24, 2.45) is 0 Å². The first-order valence-corrected chi connectivity index (χ1v) is 7.61. The van der Waals surface area contributed by atoms with E-state index in [1.807, 2.05) is 13.1 Å². The number of nitrogens with one attached hydrogen (secondary N) is 1. The zero-order valence-electron chi connectivity index (χ0n) is 13.3. The molecule has 0 saturated carbocycles. The fourth-order valence-electron chi connectivity index (χ4n) is 2.72. The number of benzene rings is 2. The first kappa shape index (κ1) is 15.6. The van der Waals surface area contributed by atoms with Gasteiger partial charge in [0.25, 0.3) is 0 Å². The van der Waals surface area contributed by atoms with E-state index in [0.29, 0.717) is 5.92 Å². The van der Waals surface area contributed by atoms with Gasteiger partial charge in [0.15, 0.2) is 0 Å². The van der Waals surface area contributed by atoms with Crippen LogP contribution >= 0.6 is 0 Å². The molecular weight excluding hydrogens is 258 g/mol. The van der Waals surface area contributed by atoms with E-state index in [2.05, 4.69) is 74.6 Å². The van der Waals surface area contributed by atoms with E-state index >= 15 is 0 Å². The van der Waals surface area contributed by atoms with Crippen LogP contribution in [0.25, 0.3) is 0 Å². The van der Waals surface area contributed by atoms with Gasteiger partial charge in [0.2, 0.25) is 0 Å². The van der Waals surface area contributed by atoms with Crippen molar-refractivity contribution >= 4 is 0 Å². The van der Waals surface area contributed by atoms with Crippen molar-refractivity contribution in [2.45, 2.75) is 38.8 Å². The summed E-state index contributed by atoms with van der Waals surface area (Å²) in [4.78, 5) is 0. The zero-order valence-corrected chi connectivity index (χ0v) is 13.3. The van der Waals surface area contributed by atoms with Gasteiger partial charge in [-0.05, 0) is 32.5 Å². The van der Waals surface area contributed by atoms with E-state index in [9.17, 15) is 0 Å². The zero-order chi connectivity index (χ0) is 15.2. The summed E-state index contributed by atoms with van der Waals surface area (Å²) >= 11 is 0. The largest absolute Gasteiger partial charge is 0.491 e. The van der Waals surface area contributed by atoms with E-state index in [0.717, 1.165) is 5.75 Å². The molecule has 0 aliphatic rings. The second kappa shape index (κ2) is 7.28. The number of rotatable bonds is 6. The van der Waals surface area contributed by atoms with E-state index in [4.69, 9.17) is 4.74 Å². The standard InChI is InChI=1S/C19H25NO/c1-14(2)21-18-13-9-8-12-17(18)19(20-4)15(3)16-10-6-5-7-11-16/h5-15,19-20H,1-4H3. The quantitative estimate of drug-likeness (QED) is 0.840. The van der Waals surface area contributed by atoms with Gasteiger partial charge in [-0.25, -0.2) is 0 Å². The smallest absolute Gasteiger partial charge is 0.124 e. The lowest BCUT2D eigenvalue weighted by Gasteiger charge is -2.27.